The van der Waals surface area contributed by atoms with Crippen LogP contribution in [0.1, 0.15) is 12.6 Å². The van der Waals surface area contributed by atoms with E-state index in [0.717, 1.165) is 17.7 Å². The fourth-order valence-corrected chi connectivity index (χ4v) is 2.16. The average Bonchev–Trinajstić information content (AvgIpc) is 2.79. The second-order valence-electron chi connectivity index (χ2n) is 3.94. The van der Waals surface area contributed by atoms with Gasteiger partial charge >= 0.3 is 0 Å². The Bertz CT molecular complexity index is 593. The molecule has 0 aliphatic heterocycles. The highest BCUT2D eigenvalue weighted by Crippen LogP contribution is 2.29. The van der Waals surface area contributed by atoms with Gasteiger partial charge < -0.3 is 4.84 Å². The number of aromatic nitrogens is 2. The van der Waals surface area contributed by atoms with E-state index in [9.17, 15) is 0 Å². The number of hydrogen-bond donors (Lipinski definition) is 0. The molecular weight excluding hydrogens is 283 g/mol. The fourth-order valence-electron chi connectivity index (χ4n) is 1.66. The monoisotopic (exact) mass is 296 g/mol. The highest BCUT2D eigenvalue weighted by molar-refractivity contribution is 6.36. The van der Waals surface area contributed by atoms with E-state index in [1.807, 2.05) is 19.2 Å². The lowest BCUT2D eigenvalue weighted by Gasteiger charge is -2.09. The minimum Gasteiger partial charge on any atom is -0.408 e. The summed E-state index contributed by atoms with van der Waals surface area (Å²) in [5, 5.41) is 1.14. The summed E-state index contributed by atoms with van der Waals surface area (Å²) >= 11 is 12.1. The van der Waals surface area contributed by atoms with Crippen molar-refractivity contribution in [3.05, 3.63) is 52.8 Å². The number of aryl methyl sites for hydroxylation is 1. The quantitative estimate of drug-likeness (QED) is 0.779. The number of halogens is 2. The molecule has 3 nitrogen and oxygen atoms in total. The van der Waals surface area contributed by atoms with Gasteiger partial charge in [-0.15, -0.1) is 0 Å². The van der Waals surface area contributed by atoms with E-state index in [1.54, 1.807) is 22.9 Å². The molecule has 0 spiro atoms. The molecule has 0 saturated heterocycles. The number of hydrogen-bond acceptors (Lipinski definition) is 2. The smallest absolute Gasteiger partial charge is 0.177 e. The zero-order valence-corrected chi connectivity index (χ0v) is 12.1. The Morgan fingerprint density at radius 2 is 2.21 bits per heavy atom. The zero-order valence-electron chi connectivity index (χ0n) is 10.6. The van der Waals surface area contributed by atoms with Crippen LogP contribution in [-0.4, -0.2) is 16.3 Å². The maximum atomic E-state index is 6.21. The van der Waals surface area contributed by atoms with Crippen LogP contribution in [0.3, 0.4) is 0 Å². The van der Waals surface area contributed by atoms with Crippen LogP contribution in [0.5, 0.6) is 0 Å². The average molecular weight is 297 g/mol. The van der Waals surface area contributed by atoms with Crippen LogP contribution in [0.15, 0.2) is 37.1 Å². The molecule has 0 saturated carbocycles. The van der Waals surface area contributed by atoms with Crippen molar-refractivity contribution in [2.24, 2.45) is 0 Å². The number of imidazole rings is 1. The van der Waals surface area contributed by atoms with Crippen molar-refractivity contribution >= 4 is 23.2 Å². The van der Waals surface area contributed by atoms with Gasteiger partial charge in [-0.2, -0.15) is 4.73 Å². The topological polar surface area (TPSA) is 27.1 Å². The summed E-state index contributed by atoms with van der Waals surface area (Å²) in [5.41, 5.74) is 1.72. The lowest BCUT2D eigenvalue weighted by molar-refractivity contribution is 0.138. The van der Waals surface area contributed by atoms with Gasteiger partial charge in [-0.3, -0.25) is 0 Å². The van der Waals surface area contributed by atoms with Crippen molar-refractivity contribution in [2.45, 2.75) is 13.3 Å². The summed E-state index contributed by atoms with van der Waals surface area (Å²) in [6, 6.07) is 5.30. The molecule has 2 rings (SSSR count). The van der Waals surface area contributed by atoms with E-state index < -0.39 is 0 Å². The van der Waals surface area contributed by atoms with Gasteiger partial charge in [0.25, 0.3) is 0 Å². The van der Waals surface area contributed by atoms with Gasteiger partial charge in [0, 0.05) is 10.6 Å². The van der Waals surface area contributed by atoms with E-state index in [-0.39, 0.29) is 0 Å². The fraction of sp³-hybridized carbons (Fsp3) is 0.214. The van der Waals surface area contributed by atoms with Crippen LogP contribution in [0, 0.1) is 0 Å². The Kier molecular flexibility index (Phi) is 4.51. The number of nitrogens with zero attached hydrogens (tertiary/aromatic N) is 2. The highest BCUT2D eigenvalue weighted by Gasteiger charge is 2.13. The molecule has 1 aromatic heterocycles. The molecule has 0 amide bonds. The molecule has 1 aromatic carbocycles. The molecule has 0 bridgehead atoms. The molecule has 0 aliphatic rings. The third-order valence-corrected chi connectivity index (χ3v) is 3.14. The van der Waals surface area contributed by atoms with Crippen LogP contribution in [0.4, 0.5) is 0 Å². The standard InChI is InChI=1S/C14H14Cl2N2O/c1-3-7-19-18-9-11(4-2)17-14(18)12-6-5-10(15)8-13(12)16/h3,5-6,8-9H,1,4,7H2,2H3. The summed E-state index contributed by atoms with van der Waals surface area (Å²) in [7, 11) is 0. The molecule has 2 aromatic rings. The first-order valence-corrected chi connectivity index (χ1v) is 6.69. The Morgan fingerprint density at radius 3 is 2.84 bits per heavy atom. The third kappa shape index (κ3) is 3.11. The first-order chi connectivity index (χ1) is 9.15. The third-order valence-electron chi connectivity index (χ3n) is 2.59. The van der Waals surface area contributed by atoms with Gasteiger partial charge in [0.2, 0.25) is 0 Å². The van der Waals surface area contributed by atoms with Crippen LogP contribution in [-0.2, 0) is 6.42 Å². The van der Waals surface area contributed by atoms with E-state index >= 15 is 0 Å². The predicted octanol–water partition coefficient (Wildman–Crippen LogP) is 4.03. The first kappa shape index (κ1) is 14.0. The number of rotatable bonds is 5. The van der Waals surface area contributed by atoms with Crippen LogP contribution in [0.2, 0.25) is 10.0 Å². The Hall–Kier alpha value is -1.45. The Morgan fingerprint density at radius 1 is 1.42 bits per heavy atom. The van der Waals surface area contributed by atoms with Gasteiger partial charge in [0.1, 0.15) is 6.61 Å². The first-order valence-electron chi connectivity index (χ1n) is 5.93. The van der Waals surface area contributed by atoms with Crippen LogP contribution in [0.25, 0.3) is 11.4 Å². The van der Waals surface area contributed by atoms with Gasteiger partial charge in [0.05, 0.1) is 16.9 Å². The normalized spacial score (nSPS) is 10.5. The van der Waals surface area contributed by atoms with Gasteiger partial charge in [-0.1, -0.05) is 42.8 Å². The summed E-state index contributed by atoms with van der Waals surface area (Å²) in [4.78, 5) is 10.1. The second-order valence-corrected chi connectivity index (χ2v) is 4.79. The van der Waals surface area contributed by atoms with Crippen molar-refractivity contribution in [1.29, 1.82) is 0 Å². The maximum Gasteiger partial charge on any atom is 0.177 e. The summed E-state index contributed by atoms with van der Waals surface area (Å²) < 4.78 is 1.62. The largest absolute Gasteiger partial charge is 0.408 e. The van der Waals surface area contributed by atoms with E-state index in [4.69, 9.17) is 28.0 Å². The van der Waals surface area contributed by atoms with Crippen LogP contribution < -0.4 is 4.84 Å². The second kappa shape index (κ2) is 6.13. The molecule has 0 aliphatic carbocycles. The van der Waals surface area contributed by atoms with Gasteiger partial charge in [0.15, 0.2) is 5.82 Å². The van der Waals surface area contributed by atoms with Crippen LogP contribution >= 0.6 is 23.2 Å². The lowest BCUT2D eigenvalue weighted by atomic mass is 10.2. The summed E-state index contributed by atoms with van der Waals surface area (Å²) in [6.07, 6.45) is 4.35. The summed E-state index contributed by atoms with van der Waals surface area (Å²) in [6.45, 7) is 6.07. The molecule has 0 N–H and O–H groups in total. The Balaban J connectivity index is 2.46. The molecule has 19 heavy (non-hydrogen) atoms. The van der Waals surface area contributed by atoms with Gasteiger partial charge in [-0.25, -0.2) is 4.98 Å². The molecule has 100 valence electrons. The molecule has 1 heterocycles. The van der Waals surface area contributed by atoms with Gasteiger partial charge in [-0.05, 0) is 24.6 Å². The summed E-state index contributed by atoms with van der Waals surface area (Å²) in [5.74, 6) is 0.667. The predicted molar refractivity (Wildman–Crippen MR) is 78.7 cm³/mol. The van der Waals surface area contributed by atoms with E-state index in [0.29, 0.717) is 22.5 Å². The van der Waals surface area contributed by atoms with E-state index in [1.165, 1.54) is 0 Å². The molecular formula is C14H14Cl2N2O. The van der Waals surface area contributed by atoms with Crippen molar-refractivity contribution in [3.8, 4) is 11.4 Å². The van der Waals surface area contributed by atoms with Crippen molar-refractivity contribution in [1.82, 2.24) is 9.71 Å². The zero-order chi connectivity index (χ0) is 13.8. The molecule has 0 fully saturated rings. The molecule has 5 heteroatoms. The molecule has 0 unspecified atom stereocenters. The minimum atomic E-state index is 0.401. The van der Waals surface area contributed by atoms with Crippen molar-refractivity contribution in [2.75, 3.05) is 6.61 Å². The van der Waals surface area contributed by atoms with Crippen molar-refractivity contribution < 1.29 is 4.84 Å². The van der Waals surface area contributed by atoms with Crippen molar-refractivity contribution in [3.63, 3.8) is 0 Å². The SMILES string of the molecule is C=CCOn1cc(CC)nc1-c1ccc(Cl)cc1Cl. The Labute approximate surface area is 122 Å². The van der Waals surface area contributed by atoms with E-state index in [2.05, 4.69) is 11.6 Å². The molecule has 0 radical (unpaired) electrons. The lowest BCUT2D eigenvalue weighted by Crippen LogP contribution is -2.11. The minimum absolute atomic E-state index is 0.401. The maximum absolute atomic E-state index is 6.21. The highest BCUT2D eigenvalue weighted by atomic mass is 35.5. The number of benzene rings is 1. The molecule has 0 atom stereocenters.